The summed E-state index contributed by atoms with van der Waals surface area (Å²) < 4.78 is 0. The molecule has 7 heteroatoms. The van der Waals surface area contributed by atoms with Crippen LogP contribution in [0.25, 0.3) is 0 Å². The summed E-state index contributed by atoms with van der Waals surface area (Å²) in [6, 6.07) is 5.52. The van der Waals surface area contributed by atoms with Gasteiger partial charge >= 0.3 is 0 Å². The Hall–Kier alpha value is -2.41. The fourth-order valence-corrected chi connectivity index (χ4v) is 3.75. The molecule has 1 aliphatic rings. The molecular formula is C17H19NO6. The van der Waals surface area contributed by atoms with Crippen molar-refractivity contribution in [2.75, 3.05) is 0 Å². The zero-order valence-electron chi connectivity index (χ0n) is 13.7. The second kappa shape index (κ2) is 6.24. The number of benzene rings is 1. The van der Waals surface area contributed by atoms with E-state index in [1.807, 2.05) is 0 Å². The number of rotatable bonds is 4. The van der Waals surface area contributed by atoms with Crippen molar-refractivity contribution in [1.82, 2.24) is 0 Å². The number of hydrogen-bond acceptors (Lipinski definition) is 6. The lowest BCUT2D eigenvalue weighted by atomic mass is 9.60. The molecule has 7 nitrogen and oxygen atoms in total. The van der Waals surface area contributed by atoms with Crippen LogP contribution in [0.3, 0.4) is 0 Å². The van der Waals surface area contributed by atoms with E-state index in [9.17, 15) is 29.6 Å². The minimum absolute atomic E-state index is 0.199. The standard InChI is InChI=1S/C17H19NO6/c1-9(19)14-13(21)8-17(3,22)16(10(2)20)15(14)11-5-4-6-12(7-11)18(23)24/h4-7,14-16,22H,8H2,1-3H3/t14-,15-,16-,17+/m1/s1. The van der Waals surface area contributed by atoms with Gasteiger partial charge in [-0.15, -0.1) is 0 Å². The van der Waals surface area contributed by atoms with E-state index in [2.05, 4.69) is 0 Å². The van der Waals surface area contributed by atoms with E-state index in [1.54, 1.807) is 0 Å². The number of non-ortho nitro benzene ring substituents is 1. The number of nitro benzene ring substituents is 1. The molecule has 4 atom stereocenters. The fraction of sp³-hybridized carbons (Fsp3) is 0.471. The summed E-state index contributed by atoms with van der Waals surface area (Å²) in [5.74, 6) is -4.25. The van der Waals surface area contributed by atoms with Crippen LogP contribution in [0.2, 0.25) is 0 Å². The Morgan fingerprint density at radius 3 is 2.42 bits per heavy atom. The molecule has 1 N–H and O–H groups in total. The maximum atomic E-state index is 12.4. The van der Waals surface area contributed by atoms with Crippen molar-refractivity contribution >= 4 is 23.0 Å². The summed E-state index contributed by atoms with van der Waals surface area (Å²) in [4.78, 5) is 47.0. The summed E-state index contributed by atoms with van der Waals surface area (Å²) in [5, 5.41) is 21.6. The number of hydrogen-bond donors (Lipinski definition) is 1. The van der Waals surface area contributed by atoms with Crippen LogP contribution in [0.5, 0.6) is 0 Å². The van der Waals surface area contributed by atoms with Crippen LogP contribution in [0.4, 0.5) is 5.69 Å². The van der Waals surface area contributed by atoms with E-state index < -0.39 is 39.8 Å². The summed E-state index contributed by atoms with van der Waals surface area (Å²) >= 11 is 0. The van der Waals surface area contributed by atoms with E-state index in [0.29, 0.717) is 5.56 Å². The summed E-state index contributed by atoms with van der Waals surface area (Å²) in [6.45, 7) is 3.93. The summed E-state index contributed by atoms with van der Waals surface area (Å²) in [5.41, 5.74) is -1.47. The Labute approximate surface area is 138 Å². The highest BCUT2D eigenvalue weighted by Gasteiger charge is 2.53. The third-order valence-electron chi connectivity index (χ3n) is 4.61. The minimum Gasteiger partial charge on any atom is -0.389 e. The molecule has 0 bridgehead atoms. The number of nitrogens with zero attached hydrogens (tertiary/aromatic N) is 1. The highest BCUT2D eigenvalue weighted by molar-refractivity contribution is 6.05. The van der Waals surface area contributed by atoms with Gasteiger partial charge in [-0.2, -0.15) is 0 Å². The molecule has 24 heavy (non-hydrogen) atoms. The lowest BCUT2D eigenvalue weighted by molar-refractivity contribution is -0.385. The molecule has 0 aliphatic heterocycles. The van der Waals surface area contributed by atoms with Gasteiger partial charge in [0.05, 0.1) is 22.4 Å². The lowest BCUT2D eigenvalue weighted by Crippen LogP contribution is -2.53. The van der Waals surface area contributed by atoms with E-state index in [-0.39, 0.29) is 17.9 Å². The monoisotopic (exact) mass is 333 g/mol. The first-order valence-electron chi connectivity index (χ1n) is 7.56. The van der Waals surface area contributed by atoms with Crippen molar-refractivity contribution in [3.8, 4) is 0 Å². The molecule has 0 radical (unpaired) electrons. The lowest BCUT2D eigenvalue weighted by Gasteiger charge is -2.44. The topological polar surface area (TPSA) is 115 Å². The summed E-state index contributed by atoms with van der Waals surface area (Å²) in [6.07, 6.45) is -0.299. The van der Waals surface area contributed by atoms with Gasteiger partial charge in [-0.05, 0) is 26.3 Å². The third kappa shape index (κ3) is 3.12. The molecule has 0 saturated heterocycles. The zero-order chi connectivity index (χ0) is 18.2. The molecule has 128 valence electrons. The van der Waals surface area contributed by atoms with E-state index in [1.165, 1.54) is 45.0 Å². The van der Waals surface area contributed by atoms with E-state index >= 15 is 0 Å². The first-order chi connectivity index (χ1) is 11.1. The summed E-state index contributed by atoms with van der Waals surface area (Å²) in [7, 11) is 0. The van der Waals surface area contributed by atoms with Crippen LogP contribution in [-0.2, 0) is 14.4 Å². The first kappa shape index (κ1) is 17.9. The van der Waals surface area contributed by atoms with Crippen molar-refractivity contribution < 1.29 is 24.4 Å². The van der Waals surface area contributed by atoms with Crippen molar-refractivity contribution in [1.29, 1.82) is 0 Å². The van der Waals surface area contributed by atoms with Gasteiger partial charge in [0.2, 0.25) is 0 Å². The number of carbonyl (C=O) groups is 3. The van der Waals surface area contributed by atoms with Gasteiger partial charge in [0.25, 0.3) is 5.69 Å². The second-order valence-electron chi connectivity index (χ2n) is 6.55. The Morgan fingerprint density at radius 2 is 1.92 bits per heavy atom. The van der Waals surface area contributed by atoms with Gasteiger partial charge in [-0.1, -0.05) is 12.1 Å². The van der Waals surface area contributed by atoms with E-state index in [0.717, 1.165) is 0 Å². The zero-order valence-corrected chi connectivity index (χ0v) is 13.7. The molecule has 1 saturated carbocycles. The van der Waals surface area contributed by atoms with Crippen molar-refractivity contribution in [3.63, 3.8) is 0 Å². The smallest absolute Gasteiger partial charge is 0.269 e. The number of carbonyl (C=O) groups excluding carboxylic acids is 3. The molecular weight excluding hydrogens is 314 g/mol. The molecule has 0 spiro atoms. The Bertz CT molecular complexity index is 724. The normalized spacial score (nSPS) is 30.0. The van der Waals surface area contributed by atoms with Crippen molar-refractivity contribution in [3.05, 3.63) is 39.9 Å². The molecule has 1 fully saturated rings. The maximum Gasteiger partial charge on any atom is 0.269 e. The van der Waals surface area contributed by atoms with Crippen LogP contribution in [0, 0.1) is 22.0 Å². The largest absolute Gasteiger partial charge is 0.389 e. The molecule has 1 aliphatic carbocycles. The second-order valence-corrected chi connectivity index (χ2v) is 6.55. The fourth-order valence-electron chi connectivity index (χ4n) is 3.75. The maximum absolute atomic E-state index is 12.4. The predicted octanol–water partition coefficient (Wildman–Crippen LogP) is 1.81. The highest BCUT2D eigenvalue weighted by atomic mass is 16.6. The Kier molecular flexibility index (Phi) is 4.66. The molecule has 0 heterocycles. The number of aliphatic hydroxyl groups is 1. The molecule has 0 unspecified atom stereocenters. The number of nitro groups is 1. The quantitative estimate of drug-likeness (QED) is 0.510. The molecule has 1 aromatic rings. The first-order valence-corrected chi connectivity index (χ1v) is 7.56. The van der Waals surface area contributed by atoms with Gasteiger partial charge in [0.15, 0.2) is 0 Å². The van der Waals surface area contributed by atoms with Crippen molar-refractivity contribution in [2.24, 2.45) is 11.8 Å². The minimum atomic E-state index is -1.61. The van der Waals surface area contributed by atoms with Crippen LogP contribution in [0.1, 0.15) is 38.7 Å². The SMILES string of the molecule is CC(=O)[C@@H]1C(=O)C[C@](C)(O)[C@H](C(C)=O)[C@@H]1c1cccc([N+](=O)[O-])c1. The molecule has 1 aromatic carbocycles. The van der Waals surface area contributed by atoms with Gasteiger partial charge in [0.1, 0.15) is 17.3 Å². The van der Waals surface area contributed by atoms with Gasteiger partial charge in [-0.25, -0.2) is 0 Å². The van der Waals surface area contributed by atoms with Crippen LogP contribution in [-0.4, -0.2) is 33.0 Å². The molecule has 0 amide bonds. The van der Waals surface area contributed by atoms with Gasteiger partial charge in [-0.3, -0.25) is 24.5 Å². The van der Waals surface area contributed by atoms with Crippen molar-refractivity contribution in [2.45, 2.75) is 38.7 Å². The Balaban J connectivity index is 2.67. The van der Waals surface area contributed by atoms with Crippen LogP contribution in [0.15, 0.2) is 24.3 Å². The molecule has 2 rings (SSSR count). The van der Waals surface area contributed by atoms with Gasteiger partial charge < -0.3 is 5.11 Å². The van der Waals surface area contributed by atoms with Crippen LogP contribution < -0.4 is 0 Å². The number of ketones is 3. The van der Waals surface area contributed by atoms with E-state index in [4.69, 9.17) is 0 Å². The number of Topliss-reactive ketones (excluding diaryl/α,β-unsaturated/α-hetero) is 3. The third-order valence-corrected chi connectivity index (χ3v) is 4.61. The van der Waals surface area contributed by atoms with Crippen LogP contribution >= 0.6 is 0 Å². The average molecular weight is 333 g/mol. The average Bonchev–Trinajstić information content (AvgIpc) is 2.44. The van der Waals surface area contributed by atoms with Gasteiger partial charge in [0, 0.05) is 24.5 Å². The Morgan fingerprint density at radius 1 is 1.29 bits per heavy atom. The predicted molar refractivity (Wildman–Crippen MR) is 84.4 cm³/mol. The highest BCUT2D eigenvalue weighted by Crippen LogP contribution is 2.46. The molecule has 0 aromatic heterocycles.